The van der Waals surface area contributed by atoms with Crippen LogP contribution >= 0.6 is 0 Å². The van der Waals surface area contributed by atoms with Gasteiger partial charge in [0.05, 0.1) is 6.61 Å². The molecule has 0 spiro atoms. The summed E-state index contributed by atoms with van der Waals surface area (Å²) in [7, 11) is 0. The van der Waals surface area contributed by atoms with E-state index < -0.39 is 36.4 Å². The molecule has 0 saturated heterocycles. The lowest BCUT2D eigenvalue weighted by Gasteiger charge is -2.20. The van der Waals surface area contributed by atoms with E-state index >= 15 is 0 Å². The van der Waals surface area contributed by atoms with Crippen LogP contribution in [0.4, 0.5) is 0 Å². The van der Waals surface area contributed by atoms with Crippen molar-refractivity contribution in [3.8, 4) is 0 Å². The second kappa shape index (κ2) is 5.03. The van der Waals surface area contributed by atoms with Crippen molar-refractivity contribution in [2.24, 2.45) is 0 Å². The van der Waals surface area contributed by atoms with Gasteiger partial charge in [-0.15, -0.1) is 0 Å². The van der Waals surface area contributed by atoms with E-state index in [0.717, 1.165) is 6.92 Å². The molecule has 0 aromatic rings. The van der Waals surface area contributed by atoms with E-state index in [1.54, 1.807) is 0 Å². The molecule has 6 N–H and O–H groups in total. The van der Waals surface area contributed by atoms with Crippen molar-refractivity contribution in [3.63, 3.8) is 0 Å². The standard InChI is InChI=1S/C7H14O6/c1-3(9)5(11)7(13)6(12)4(10)2-8/h4,6-13H,2H2,1H3. The molecule has 0 aromatic carbocycles. The molecule has 0 aliphatic heterocycles. The summed E-state index contributed by atoms with van der Waals surface area (Å²) in [5, 5.41) is 53.0. The van der Waals surface area contributed by atoms with Gasteiger partial charge in [-0.1, -0.05) is 0 Å². The summed E-state index contributed by atoms with van der Waals surface area (Å²) in [6.07, 6.45) is -5.13. The molecule has 0 bridgehead atoms. The van der Waals surface area contributed by atoms with E-state index in [9.17, 15) is 0 Å². The van der Waals surface area contributed by atoms with Crippen LogP contribution in [0.1, 0.15) is 6.92 Å². The zero-order valence-corrected chi connectivity index (χ0v) is 7.12. The van der Waals surface area contributed by atoms with Gasteiger partial charge in [-0.2, -0.15) is 0 Å². The zero-order chi connectivity index (χ0) is 10.6. The zero-order valence-electron chi connectivity index (χ0n) is 7.12. The molecule has 6 nitrogen and oxygen atoms in total. The van der Waals surface area contributed by atoms with Gasteiger partial charge >= 0.3 is 0 Å². The molecule has 0 amide bonds. The lowest BCUT2D eigenvalue weighted by Crippen LogP contribution is -2.40. The number of allylic oxidation sites excluding steroid dienone is 1. The Kier molecular flexibility index (Phi) is 4.71. The second-order valence-electron chi connectivity index (χ2n) is 2.66. The van der Waals surface area contributed by atoms with Crippen LogP contribution in [-0.4, -0.2) is 55.6 Å². The first-order valence-corrected chi connectivity index (χ1v) is 3.65. The Hall–Kier alpha value is -0.820. The predicted octanol–water partition coefficient (Wildman–Crippen LogP) is -1.59. The number of rotatable bonds is 4. The molecule has 0 aromatic heterocycles. The maximum atomic E-state index is 9.07. The number of hydrogen-bond donors (Lipinski definition) is 6. The van der Waals surface area contributed by atoms with Crippen molar-refractivity contribution in [2.45, 2.75) is 25.2 Å². The van der Waals surface area contributed by atoms with Crippen molar-refractivity contribution in [2.75, 3.05) is 6.61 Å². The predicted molar refractivity (Wildman–Crippen MR) is 43.1 cm³/mol. The first-order chi connectivity index (χ1) is 5.91. The van der Waals surface area contributed by atoms with Crippen LogP contribution in [0.3, 0.4) is 0 Å². The van der Waals surface area contributed by atoms with E-state index in [1.165, 1.54) is 0 Å². The van der Waals surface area contributed by atoms with Crippen LogP contribution in [0.25, 0.3) is 0 Å². The molecule has 0 fully saturated rings. The Morgan fingerprint density at radius 3 is 1.92 bits per heavy atom. The van der Waals surface area contributed by atoms with E-state index in [4.69, 9.17) is 30.6 Å². The van der Waals surface area contributed by atoms with E-state index in [2.05, 4.69) is 0 Å². The molecule has 0 aliphatic rings. The van der Waals surface area contributed by atoms with Gasteiger partial charge in [0.25, 0.3) is 0 Å². The third-order valence-electron chi connectivity index (χ3n) is 1.56. The molecule has 6 heteroatoms. The van der Waals surface area contributed by atoms with Crippen molar-refractivity contribution >= 4 is 0 Å². The fourth-order valence-electron chi connectivity index (χ4n) is 0.694. The minimum Gasteiger partial charge on any atom is -0.509 e. The maximum Gasteiger partial charge on any atom is 0.161 e. The minimum atomic E-state index is -1.81. The van der Waals surface area contributed by atoms with E-state index in [0.29, 0.717) is 0 Å². The Bertz CT molecular complexity index is 185. The van der Waals surface area contributed by atoms with Gasteiger partial charge in [0.15, 0.2) is 5.76 Å². The molecule has 3 atom stereocenters. The number of aliphatic hydroxyl groups excluding tert-OH is 6. The minimum absolute atomic E-state index is 0.559. The average Bonchev–Trinajstić information content (AvgIpc) is 2.12. The summed E-state index contributed by atoms with van der Waals surface area (Å²) < 4.78 is 0. The van der Waals surface area contributed by atoms with Crippen molar-refractivity contribution in [1.29, 1.82) is 0 Å². The highest BCUT2D eigenvalue weighted by Gasteiger charge is 2.28. The van der Waals surface area contributed by atoms with Crippen LogP contribution in [0.15, 0.2) is 11.5 Å². The molecule has 0 aliphatic carbocycles. The summed E-state index contributed by atoms with van der Waals surface area (Å²) in [5.74, 6) is -1.39. The summed E-state index contributed by atoms with van der Waals surface area (Å²) in [5.41, 5.74) is 0. The Labute approximate surface area is 75.0 Å². The number of hydrogen-bond acceptors (Lipinski definition) is 6. The molecule has 0 heterocycles. The molecular weight excluding hydrogens is 180 g/mol. The third-order valence-corrected chi connectivity index (χ3v) is 1.56. The van der Waals surface area contributed by atoms with Gasteiger partial charge < -0.3 is 30.6 Å². The van der Waals surface area contributed by atoms with Crippen LogP contribution in [0.5, 0.6) is 0 Å². The molecule has 0 saturated carbocycles. The van der Waals surface area contributed by atoms with Gasteiger partial charge in [0.1, 0.15) is 24.1 Å². The molecule has 13 heavy (non-hydrogen) atoms. The highest BCUT2D eigenvalue weighted by Crippen LogP contribution is 2.10. The van der Waals surface area contributed by atoms with Gasteiger partial charge in [0.2, 0.25) is 0 Å². The Morgan fingerprint density at radius 2 is 1.62 bits per heavy atom. The van der Waals surface area contributed by atoms with Gasteiger partial charge in [-0.05, 0) is 6.92 Å². The summed E-state index contributed by atoms with van der Waals surface area (Å²) in [6, 6.07) is 0. The van der Waals surface area contributed by atoms with Gasteiger partial charge in [0, 0.05) is 0 Å². The van der Waals surface area contributed by atoms with E-state index in [-0.39, 0.29) is 0 Å². The van der Waals surface area contributed by atoms with E-state index in [1.807, 2.05) is 0 Å². The smallest absolute Gasteiger partial charge is 0.161 e. The molecule has 78 valence electrons. The highest BCUT2D eigenvalue weighted by atomic mass is 16.4. The summed E-state index contributed by atoms with van der Waals surface area (Å²) >= 11 is 0. The Balaban J connectivity index is 4.42. The van der Waals surface area contributed by atoms with Crippen LogP contribution in [-0.2, 0) is 0 Å². The summed E-state index contributed by atoms with van der Waals surface area (Å²) in [4.78, 5) is 0. The van der Waals surface area contributed by atoms with Crippen LogP contribution in [0.2, 0.25) is 0 Å². The largest absolute Gasteiger partial charge is 0.509 e. The Morgan fingerprint density at radius 1 is 1.15 bits per heavy atom. The first-order valence-electron chi connectivity index (χ1n) is 3.65. The first kappa shape index (κ1) is 12.2. The fourth-order valence-corrected chi connectivity index (χ4v) is 0.694. The fraction of sp³-hybridized carbons (Fsp3) is 0.714. The van der Waals surface area contributed by atoms with Crippen molar-refractivity contribution < 1.29 is 30.6 Å². The quantitative estimate of drug-likeness (QED) is 0.300. The normalized spacial score (nSPS) is 20.4. The SMILES string of the molecule is CC(O)=C(O)C(O)C(O)C(O)CO. The van der Waals surface area contributed by atoms with Gasteiger partial charge in [-0.3, -0.25) is 0 Å². The van der Waals surface area contributed by atoms with Crippen molar-refractivity contribution in [3.05, 3.63) is 11.5 Å². The molecule has 3 unspecified atom stereocenters. The number of aliphatic hydroxyl groups is 6. The lowest BCUT2D eigenvalue weighted by atomic mass is 10.1. The topological polar surface area (TPSA) is 121 Å². The van der Waals surface area contributed by atoms with Gasteiger partial charge in [-0.25, -0.2) is 0 Å². The maximum absolute atomic E-state index is 9.07. The molecular formula is C7H14O6. The highest BCUT2D eigenvalue weighted by molar-refractivity contribution is 5.04. The molecule has 0 rings (SSSR count). The van der Waals surface area contributed by atoms with Crippen molar-refractivity contribution in [1.82, 2.24) is 0 Å². The monoisotopic (exact) mass is 194 g/mol. The second-order valence-corrected chi connectivity index (χ2v) is 2.66. The molecule has 0 radical (unpaired) electrons. The van der Waals surface area contributed by atoms with Crippen LogP contribution < -0.4 is 0 Å². The summed E-state index contributed by atoms with van der Waals surface area (Å²) in [6.45, 7) is 0.354. The van der Waals surface area contributed by atoms with Crippen LogP contribution in [0, 0.1) is 0 Å². The third kappa shape index (κ3) is 3.19. The average molecular weight is 194 g/mol. The lowest BCUT2D eigenvalue weighted by molar-refractivity contribution is -0.0757.